The summed E-state index contributed by atoms with van der Waals surface area (Å²) in [5.41, 5.74) is 12.2. The largest absolute Gasteiger partial charge is 0.452 e. The van der Waals surface area contributed by atoms with Gasteiger partial charge in [0, 0.05) is 18.8 Å². The summed E-state index contributed by atoms with van der Waals surface area (Å²) in [6.45, 7) is 0. The average molecular weight is 293 g/mol. The second-order valence-corrected chi connectivity index (χ2v) is 4.22. The van der Waals surface area contributed by atoms with E-state index in [0.29, 0.717) is 27.8 Å². The number of anilines is 3. The van der Waals surface area contributed by atoms with E-state index in [1.807, 2.05) is 0 Å². The van der Waals surface area contributed by atoms with Crippen LogP contribution in [0.2, 0.25) is 5.02 Å². The van der Waals surface area contributed by atoms with Gasteiger partial charge in [-0.2, -0.15) is 0 Å². The summed E-state index contributed by atoms with van der Waals surface area (Å²) in [6.07, 6.45) is 3.95. The molecule has 0 aliphatic carbocycles. The number of aromatic nitrogens is 2. The lowest BCUT2D eigenvalue weighted by Crippen LogP contribution is -2.01. The second-order valence-electron chi connectivity index (χ2n) is 3.84. The van der Waals surface area contributed by atoms with Crippen molar-refractivity contribution >= 4 is 35.1 Å². The first-order valence-electron chi connectivity index (χ1n) is 5.62. The van der Waals surface area contributed by atoms with Gasteiger partial charge in [0.15, 0.2) is 5.75 Å². The minimum atomic E-state index is 0.254. The zero-order chi connectivity index (χ0) is 14.7. The number of hydrogen-bond acceptors (Lipinski definition) is 7. The van der Waals surface area contributed by atoms with Crippen molar-refractivity contribution in [3.8, 4) is 11.5 Å². The molecule has 0 spiro atoms. The van der Waals surface area contributed by atoms with Gasteiger partial charge in [0.1, 0.15) is 22.4 Å². The Balaban J connectivity index is 2.37. The SMILES string of the molecule is CNc1c(N)ncc(Oc2cnc(N)c(C=N)c2)c1Cl. The Bertz CT molecular complexity index is 661. The van der Waals surface area contributed by atoms with E-state index in [1.165, 1.54) is 12.4 Å². The van der Waals surface area contributed by atoms with Gasteiger partial charge < -0.3 is 26.9 Å². The highest BCUT2D eigenvalue weighted by Gasteiger charge is 2.12. The zero-order valence-electron chi connectivity index (χ0n) is 10.6. The van der Waals surface area contributed by atoms with E-state index >= 15 is 0 Å². The Morgan fingerprint density at radius 1 is 1.30 bits per heavy atom. The van der Waals surface area contributed by atoms with Crippen LogP contribution in [0.15, 0.2) is 18.5 Å². The highest BCUT2D eigenvalue weighted by atomic mass is 35.5. The van der Waals surface area contributed by atoms with E-state index < -0.39 is 0 Å². The maximum Gasteiger partial charge on any atom is 0.166 e. The third-order valence-electron chi connectivity index (χ3n) is 2.57. The summed E-state index contributed by atoms with van der Waals surface area (Å²) >= 11 is 6.17. The van der Waals surface area contributed by atoms with Crippen molar-refractivity contribution in [3.05, 3.63) is 29.0 Å². The third-order valence-corrected chi connectivity index (χ3v) is 2.95. The maximum atomic E-state index is 7.23. The topological polar surface area (TPSA) is 123 Å². The number of halogens is 1. The van der Waals surface area contributed by atoms with Gasteiger partial charge in [-0.05, 0) is 6.07 Å². The normalized spacial score (nSPS) is 10.1. The fourth-order valence-electron chi connectivity index (χ4n) is 1.56. The smallest absolute Gasteiger partial charge is 0.166 e. The van der Waals surface area contributed by atoms with Crippen molar-refractivity contribution in [3.63, 3.8) is 0 Å². The standard InChI is InChI=1S/C12H13ClN6O/c1-17-10-9(13)8(5-19-12(10)16)20-7-2-6(3-14)11(15)18-4-7/h2-5,14,17H,1H3,(H2,15,18)(H2,16,19). The van der Waals surface area contributed by atoms with E-state index in [4.69, 9.17) is 33.2 Å². The minimum Gasteiger partial charge on any atom is -0.452 e. The molecular formula is C12H13ClN6O. The molecule has 2 heterocycles. The van der Waals surface area contributed by atoms with Gasteiger partial charge in [0.2, 0.25) is 0 Å². The van der Waals surface area contributed by atoms with Gasteiger partial charge in [-0.25, -0.2) is 9.97 Å². The molecule has 0 aliphatic rings. The summed E-state index contributed by atoms with van der Waals surface area (Å²) in [7, 11) is 1.68. The maximum absolute atomic E-state index is 7.23. The zero-order valence-corrected chi connectivity index (χ0v) is 11.4. The van der Waals surface area contributed by atoms with Gasteiger partial charge in [-0.3, -0.25) is 0 Å². The summed E-state index contributed by atoms with van der Waals surface area (Å²) in [4.78, 5) is 7.92. The van der Waals surface area contributed by atoms with Crippen LogP contribution in [0.4, 0.5) is 17.3 Å². The molecular weight excluding hydrogens is 280 g/mol. The molecule has 0 bridgehead atoms. The van der Waals surface area contributed by atoms with Gasteiger partial charge in [-0.15, -0.1) is 0 Å². The predicted octanol–water partition coefficient (Wildman–Crippen LogP) is 2.13. The number of nitrogens with zero attached hydrogens (tertiary/aromatic N) is 2. The van der Waals surface area contributed by atoms with Crippen molar-refractivity contribution in [2.24, 2.45) is 0 Å². The number of pyridine rings is 2. The van der Waals surface area contributed by atoms with E-state index in [9.17, 15) is 0 Å². The lowest BCUT2D eigenvalue weighted by Gasteiger charge is -2.12. The van der Waals surface area contributed by atoms with Crippen LogP contribution >= 0.6 is 11.6 Å². The molecule has 2 aromatic rings. The molecule has 0 saturated heterocycles. The van der Waals surface area contributed by atoms with Gasteiger partial charge in [-0.1, -0.05) is 11.6 Å². The molecule has 2 aromatic heterocycles. The van der Waals surface area contributed by atoms with Crippen LogP contribution in [0.3, 0.4) is 0 Å². The van der Waals surface area contributed by atoms with E-state index in [1.54, 1.807) is 13.1 Å². The van der Waals surface area contributed by atoms with Crippen LogP contribution in [0.1, 0.15) is 5.56 Å². The molecule has 7 nitrogen and oxygen atoms in total. The monoisotopic (exact) mass is 292 g/mol. The van der Waals surface area contributed by atoms with Crippen molar-refractivity contribution in [2.75, 3.05) is 23.8 Å². The predicted molar refractivity (Wildman–Crippen MR) is 79.8 cm³/mol. The lowest BCUT2D eigenvalue weighted by atomic mass is 10.2. The highest BCUT2D eigenvalue weighted by molar-refractivity contribution is 6.35. The Kier molecular flexibility index (Phi) is 3.90. The Hall–Kier alpha value is -2.54. The molecule has 0 fully saturated rings. The summed E-state index contributed by atoms with van der Waals surface area (Å²) in [5.74, 6) is 1.26. The molecule has 2 rings (SSSR count). The number of nitrogens with one attached hydrogen (secondary N) is 2. The van der Waals surface area contributed by atoms with Crippen molar-refractivity contribution in [1.82, 2.24) is 9.97 Å². The molecule has 20 heavy (non-hydrogen) atoms. The van der Waals surface area contributed by atoms with Crippen LogP contribution in [0.25, 0.3) is 0 Å². The average Bonchev–Trinajstić information content (AvgIpc) is 2.44. The molecule has 0 saturated carbocycles. The third kappa shape index (κ3) is 2.57. The van der Waals surface area contributed by atoms with Gasteiger partial charge in [0.25, 0.3) is 0 Å². The first-order chi connectivity index (χ1) is 9.56. The number of hydrogen-bond donors (Lipinski definition) is 4. The summed E-state index contributed by atoms with van der Waals surface area (Å²) < 4.78 is 5.59. The fourth-order valence-corrected chi connectivity index (χ4v) is 1.84. The van der Waals surface area contributed by atoms with Gasteiger partial charge >= 0.3 is 0 Å². The van der Waals surface area contributed by atoms with Gasteiger partial charge in [0.05, 0.1) is 18.1 Å². The van der Waals surface area contributed by atoms with E-state index in [2.05, 4.69) is 15.3 Å². The quantitative estimate of drug-likeness (QED) is 0.640. The molecule has 0 aliphatic heterocycles. The Morgan fingerprint density at radius 2 is 2.00 bits per heavy atom. The number of ether oxygens (including phenoxy) is 1. The van der Waals surface area contributed by atoms with Crippen LogP contribution in [-0.4, -0.2) is 23.2 Å². The summed E-state index contributed by atoms with van der Waals surface area (Å²) in [6, 6.07) is 1.58. The van der Waals surface area contributed by atoms with Crippen LogP contribution in [0, 0.1) is 5.41 Å². The Labute approximate surface area is 120 Å². The number of nitrogens with two attached hydrogens (primary N) is 2. The van der Waals surface area contributed by atoms with Crippen molar-refractivity contribution < 1.29 is 4.74 Å². The number of nitrogen functional groups attached to an aromatic ring is 2. The molecule has 6 N–H and O–H groups in total. The van der Waals surface area contributed by atoms with Crippen LogP contribution < -0.4 is 21.5 Å². The van der Waals surface area contributed by atoms with Crippen LogP contribution in [-0.2, 0) is 0 Å². The molecule has 0 radical (unpaired) electrons. The van der Waals surface area contributed by atoms with Crippen molar-refractivity contribution in [1.29, 1.82) is 5.41 Å². The molecule has 104 valence electrons. The van der Waals surface area contributed by atoms with Crippen molar-refractivity contribution in [2.45, 2.75) is 0 Å². The lowest BCUT2D eigenvalue weighted by molar-refractivity contribution is 0.479. The fraction of sp³-hybridized carbons (Fsp3) is 0.0833. The molecule has 0 unspecified atom stereocenters. The molecule has 8 heteroatoms. The first kappa shape index (κ1) is 13.9. The Morgan fingerprint density at radius 3 is 2.65 bits per heavy atom. The highest BCUT2D eigenvalue weighted by Crippen LogP contribution is 2.37. The molecule has 0 amide bonds. The van der Waals surface area contributed by atoms with E-state index in [-0.39, 0.29) is 11.6 Å². The second kappa shape index (κ2) is 5.62. The molecule has 0 aromatic carbocycles. The first-order valence-corrected chi connectivity index (χ1v) is 6.00. The molecule has 0 atom stereocenters. The number of rotatable bonds is 4. The van der Waals surface area contributed by atoms with Crippen LogP contribution in [0.5, 0.6) is 11.5 Å². The van der Waals surface area contributed by atoms with E-state index in [0.717, 1.165) is 6.21 Å². The minimum absolute atomic E-state index is 0.254. The summed E-state index contributed by atoms with van der Waals surface area (Å²) in [5, 5.41) is 10.4.